The van der Waals surface area contributed by atoms with Crippen molar-refractivity contribution < 1.29 is 0 Å². The number of aryl methyl sites for hydroxylation is 1. The first kappa shape index (κ1) is 11.7. The van der Waals surface area contributed by atoms with Crippen LogP contribution in [0, 0.1) is 6.92 Å². The molecule has 2 heterocycles. The van der Waals surface area contributed by atoms with E-state index in [1.54, 1.807) is 0 Å². The van der Waals surface area contributed by atoms with Gasteiger partial charge >= 0.3 is 0 Å². The smallest absolute Gasteiger partial charge is 0.133 e. The molecule has 4 heteroatoms. The third-order valence-corrected chi connectivity index (χ3v) is 3.65. The van der Waals surface area contributed by atoms with Gasteiger partial charge in [-0.15, -0.1) is 0 Å². The second-order valence-corrected chi connectivity index (χ2v) is 5.35. The van der Waals surface area contributed by atoms with Crippen molar-refractivity contribution in [2.75, 3.05) is 11.4 Å². The average Bonchev–Trinajstić information content (AvgIpc) is 2.37. The molecule has 0 radical (unpaired) electrons. The lowest BCUT2D eigenvalue weighted by Gasteiger charge is -2.29. The first-order chi connectivity index (χ1) is 8.72. The van der Waals surface area contributed by atoms with Gasteiger partial charge < -0.3 is 4.90 Å². The minimum Gasteiger partial charge on any atom is -0.352 e. The van der Waals surface area contributed by atoms with Crippen molar-refractivity contribution >= 4 is 21.7 Å². The molecule has 0 amide bonds. The Hall–Kier alpha value is -1.42. The van der Waals surface area contributed by atoms with E-state index >= 15 is 0 Å². The summed E-state index contributed by atoms with van der Waals surface area (Å²) in [7, 11) is 0. The lowest BCUT2D eigenvalue weighted by Crippen LogP contribution is -2.31. The zero-order valence-corrected chi connectivity index (χ0v) is 11.8. The van der Waals surface area contributed by atoms with Gasteiger partial charge in [-0.25, -0.2) is 9.97 Å². The molecule has 92 valence electrons. The Morgan fingerprint density at radius 3 is 2.72 bits per heavy atom. The quantitative estimate of drug-likeness (QED) is 0.758. The summed E-state index contributed by atoms with van der Waals surface area (Å²) in [6.07, 6.45) is 1.08. The highest BCUT2D eigenvalue weighted by Gasteiger charge is 2.17. The van der Waals surface area contributed by atoms with Crippen LogP contribution in [0.1, 0.15) is 17.0 Å². The van der Waals surface area contributed by atoms with Crippen molar-refractivity contribution in [3.05, 3.63) is 51.9 Å². The van der Waals surface area contributed by atoms with E-state index in [9.17, 15) is 0 Å². The third-order valence-electron chi connectivity index (χ3n) is 3.25. The molecule has 0 N–H and O–H groups in total. The predicted molar refractivity (Wildman–Crippen MR) is 75.7 cm³/mol. The van der Waals surface area contributed by atoms with Gasteiger partial charge in [0.25, 0.3) is 0 Å². The standard InChI is InChI=1S/C14H14BrN3/c1-10-16-13(15)8-14(17-10)18-7-6-11-4-2-3-5-12(11)9-18/h2-5,8H,6-7,9H2,1H3. The second kappa shape index (κ2) is 4.69. The van der Waals surface area contributed by atoms with Crippen LogP contribution in [0.5, 0.6) is 0 Å². The highest BCUT2D eigenvalue weighted by Crippen LogP contribution is 2.24. The van der Waals surface area contributed by atoms with E-state index < -0.39 is 0 Å². The Kier molecular flexibility index (Phi) is 3.04. The highest BCUT2D eigenvalue weighted by molar-refractivity contribution is 9.10. The molecule has 0 saturated carbocycles. The van der Waals surface area contributed by atoms with Gasteiger partial charge in [-0.1, -0.05) is 24.3 Å². The fourth-order valence-corrected chi connectivity index (χ4v) is 2.83. The molecule has 0 spiro atoms. The number of aromatic nitrogens is 2. The van der Waals surface area contributed by atoms with Crippen LogP contribution in [0.3, 0.4) is 0 Å². The number of benzene rings is 1. The van der Waals surface area contributed by atoms with E-state index in [0.717, 1.165) is 35.8 Å². The maximum absolute atomic E-state index is 4.52. The van der Waals surface area contributed by atoms with Crippen LogP contribution in [0.2, 0.25) is 0 Å². The SMILES string of the molecule is Cc1nc(Br)cc(N2CCc3ccccc3C2)n1. The topological polar surface area (TPSA) is 29.0 Å². The van der Waals surface area contributed by atoms with E-state index in [4.69, 9.17) is 0 Å². The molecule has 1 aliphatic heterocycles. The molecule has 2 aromatic rings. The summed E-state index contributed by atoms with van der Waals surface area (Å²) < 4.78 is 0.851. The second-order valence-electron chi connectivity index (χ2n) is 4.54. The first-order valence-corrected chi connectivity index (χ1v) is 6.84. The number of anilines is 1. The van der Waals surface area contributed by atoms with Crippen LogP contribution >= 0.6 is 15.9 Å². The molecule has 0 unspecified atom stereocenters. The summed E-state index contributed by atoms with van der Waals surface area (Å²) in [6, 6.07) is 10.6. The maximum atomic E-state index is 4.52. The van der Waals surface area contributed by atoms with E-state index in [-0.39, 0.29) is 0 Å². The number of hydrogen-bond acceptors (Lipinski definition) is 3. The van der Waals surface area contributed by atoms with Crippen molar-refractivity contribution in [3.8, 4) is 0 Å². The summed E-state index contributed by atoms with van der Waals surface area (Å²) in [5.74, 6) is 1.81. The Labute approximate surface area is 115 Å². The van der Waals surface area contributed by atoms with Gasteiger partial charge in [0.2, 0.25) is 0 Å². The van der Waals surface area contributed by atoms with Gasteiger partial charge in [-0.3, -0.25) is 0 Å². The van der Waals surface area contributed by atoms with Gasteiger partial charge in [-0.05, 0) is 40.4 Å². The zero-order chi connectivity index (χ0) is 12.5. The summed E-state index contributed by atoms with van der Waals surface area (Å²) in [6.45, 7) is 3.87. The number of hydrogen-bond donors (Lipinski definition) is 0. The van der Waals surface area contributed by atoms with Crippen molar-refractivity contribution in [2.24, 2.45) is 0 Å². The van der Waals surface area contributed by atoms with E-state index in [0.29, 0.717) is 0 Å². The number of halogens is 1. The molecule has 3 nitrogen and oxygen atoms in total. The minimum absolute atomic E-state index is 0.804. The Balaban J connectivity index is 1.91. The van der Waals surface area contributed by atoms with Gasteiger partial charge in [-0.2, -0.15) is 0 Å². The number of nitrogens with zero attached hydrogens (tertiary/aromatic N) is 3. The molecular formula is C14H14BrN3. The highest BCUT2D eigenvalue weighted by atomic mass is 79.9. The summed E-state index contributed by atoms with van der Waals surface area (Å²) in [5, 5.41) is 0. The fraction of sp³-hybridized carbons (Fsp3) is 0.286. The molecule has 0 fully saturated rings. The fourth-order valence-electron chi connectivity index (χ4n) is 2.37. The molecule has 0 aliphatic carbocycles. The lowest BCUT2D eigenvalue weighted by atomic mass is 10.00. The minimum atomic E-state index is 0.804. The third kappa shape index (κ3) is 2.25. The summed E-state index contributed by atoms with van der Waals surface area (Å²) in [4.78, 5) is 11.1. The van der Waals surface area contributed by atoms with Gasteiger partial charge in [0.15, 0.2) is 0 Å². The zero-order valence-electron chi connectivity index (χ0n) is 10.2. The average molecular weight is 304 g/mol. The first-order valence-electron chi connectivity index (χ1n) is 6.05. The van der Waals surface area contributed by atoms with Crippen molar-refractivity contribution in [1.82, 2.24) is 9.97 Å². The molecule has 1 aromatic carbocycles. The number of rotatable bonds is 1. The van der Waals surface area contributed by atoms with Gasteiger partial charge in [0.1, 0.15) is 16.2 Å². The predicted octanol–water partition coefficient (Wildman–Crippen LogP) is 3.11. The van der Waals surface area contributed by atoms with E-state index in [1.807, 2.05) is 13.0 Å². The van der Waals surface area contributed by atoms with E-state index in [2.05, 4.69) is 55.1 Å². The van der Waals surface area contributed by atoms with Crippen LogP contribution in [0.25, 0.3) is 0 Å². The Morgan fingerprint density at radius 1 is 1.17 bits per heavy atom. The van der Waals surface area contributed by atoms with Crippen LogP contribution in [-0.4, -0.2) is 16.5 Å². The monoisotopic (exact) mass is 303 g/mol. The van der Waals surface area contributed by atoms with Crippen LogP contribution in [-0.2, 0) is 13.0 Å². The largest absolute Gasteiger partial charge is 0.352 e. The van der Waals surface area contributed by atoms with Crippen LogP contribution in [0.15, 0.2) is 34.9 Å². The Morgan fingerprint density at radius 2 is 1.94 bits per heavy atom. The van der Waals surface area contributed by atoms with Gasteiger partial charge in [0, 0.05) is 19.2 Å². The molecule has 0 bridgehead atoms. The van der Waals surface area contributed by atoms with Crippen molar-refractivity contribution in [2.45, 2.75) is 19.9 Å². The molecule has 3 rings (SSSR count). The van der Waals surface area contributed by atoms with Crippen LogP contribution < -0.4 is 4.90 Å². The summed E-state index contributed by atoms with van der Waals surface area (Å²) >= 11 is 3.43. The molecular weight excluding hydrogens is 290 g/mol. The molecule has 1 aromatic heterocycles. The molecule has 0 atom stereocenters. The molecule has 1 aliphatic rings. The van der Waals surface area contributed by atoms with Gasteiger partial charge in [0.05, 0.1) is 0 Å². The molecule has 0 saturated heterocycles. The van der Waals surface area contributed by atoms with E-state index in [1.165, 1.54) is 11.1 Å². The normalized spacial score (nSPS) is 14.4. The number of fused-ring (bicyclic) bond motifs is 1. The van der Waals surface area contributed by atoms with Crippen molar-refractivity contribution in [3.63, 3.8) is 0 Å². The summed E-state index contributed by atoms with van der Waals surface area (Å²) in [5.41, 5.74) is 2.86. The lowest BCUT2D eigenvalue weighted by molar-refractivity contribution is 0.716. The maximum Gasteiger partial charge on any atom is 0.133 e. The molecule has 18 heavy (non-hydrogen) atoms. The van der Waals surface area contributed by atoms with Crippen molar-refractivity contribution in [1.29, 1.82) is 0 Å². The Bertz CT molecular complexity index is 563. The van der Waals surface area contributed by atoms with Crippen LogP contribution in [0.4, 0.5) is 5.82 Å².